The summed E-state index contributed by atoms with van der Waals surface area (Å²) >= 11 is 0. The third-order valence-corrected chi connectivity index (χ3v) is 2.96. The molecular weight excluding hydrogens is 220 g/mol. The van der Waals surface area contributed by atoms with Crippen molar-refractivity contribution in [1.29, 1.82) is 0 Å². The zero-order valence-electron chi connectivity index (χ0n) is 10.1. The molecule has 0 aromatic heterocycles. The molecule has 1 aromatic rings. The van der Waals surface area contributed by atoms with Crippen molar-refractivity contribution in [1.82, 2.24) is 0 Å². The molecule has 0 amide bonds. The molecule has 16 heavy (non-hydrogen) atoms. The van der Waals surface area contributed by atoms with E-state index < -0.39 is 0 Å². The molecule has 1 heterocycles. The van der Waals surface area contributed by atoms with Crippen LogP contribution < -0.4 is 10.6 Å². The van der Waals surface area contributed by atoms with E-state index in [1.165, 1.54) is 29.7 Å². The van der Waals surface area contributed by atoms with Crippen LogP contribution in [0.15, 0.2) is 18.2 Å². The zero-order chi connectivity index (χ0) is 10.8. The highest BCUT2D eigenvalue weighted by molar-refractivity contribution is 5.85. The predicted octanol–water partition coefficient (Wildman–Crippen LogP) is 2.52. The summed E-state index contributed by atoms with van der Waals surface area (Å²) in [6, 6.07) is 6.99. The normalized spacial score (nSPS) is 16.3. The molecule has 1 atom stereocenters. The highest BCUT2D eigenvalue weighted by Crippen LogP contribution is 2.27. The molecule has 0 bridgehead atoms. The number of benzene rings is 1. The van der Waals surface area contributed by atoms with Gasteiger partial charge in [-0.3, -0.25) is 0 Å². The topological polar surface area (TPSA) is 29.3 Å². The average molecular weight is 241 g/mol. The third kappa shape index (κ3) is 2.89. The van der Waals surface area contributed by atoms with Crippen LogP contribution in [0.25, 0.3) is 0 Å². The Morgan fingerprint density at radius 2 is 2.19 bits per heavy atom. The highest BCUT2D eigenvalue weighted by Gasteiger charge is 2.17. The average Bonchev–Trinajstić information content (AvgIpc) is 2.16. The number of hydrogen-bond acceptors (Lipinski definition) is 2. The Kier molecular flexibility index (Phi) is 4.63. The van der Waals surface area contributed by atoms with Crippen molar-refractivity contribution >= 4 is 18.1 Å². The molecular formula is C13H21ClN2. The van der Waals surface area contributed by atoms with Crippen LogP contribution >= 0.6 is 12.4 Å². The van der Waals surface area contributed by atoms with Gasteiger partial charge in [0.05, 0.1) is 0 Å². The summed E-state index contributed by atoms with van der Waals surface area (Å²) in [6.45, 7) is 6.35. The first-order valence-corrected chi connectivity index (χ1v) is 5.77. The molecule has 0 fully saturated rings. The standard InChI is InChI=1S/C13H20N2.ClH/c1-10-5-6-13-12(8-10)4-3-7-15(13)9-11(2)14;/h5-6,8,11H,3-4,7,9,14H2,1-2H3;1H. The maximum Gasteiger partial charge on any atom is 0.0399 e. The Hall–Kier alpha value is -0.730. The lowest BCUT2D eigenvalue weighted by molar-refractivity contribution is 0.633. The second-order valence-corrected chi connectivity index (χ2v) is 4.66. The van der Waals surface area contributed by atoms with Gasteiger partial charge >= 0.3 is 0 Å². The Morgan fingerprint density at radius 1 is 1.44 bits per heavy atom. The molecule has 1 aliphatic rings. The summed E-state index contributed by atoms with van der Waals surface area (Å²) in [5.41, 5.74) is 10.1. The van der Waals surface area contributed by atoms with Gasteiger partial charge < -0.3 is 10.6 Å². The molecule has 2 nitrogen and oxygen atoms in total. The fraction of sp³-hybridized carbons (Fsp3) is 0.538. The second-order valence-electron chi connectivity index (χ2n) is 4.66. The van der Waals surface area contributed by atoms with E-state index in [0.717, 1.165) is 13.1 Å². The van der Waals surface area contributed by atoms with Crippen LogP contribution in [0.5, 0.6) is 0 Å². The minimum absolute atomic E-state index is 0. The maximum atomic E-state index is 5.87. The highest BCUT2D eigenvalue weighted by atomic mass is 35.5. The molecule has 1 aliphatic heterocycles. The monoisotopic (exact) mass is 240 g/mol. The molecule has 1 unspecified atom stereocenters. The van der Waals surface area contributed by atoms with E-state index in [-0.39, 0.29) is 18.4 Å². The summed E-state index contributed by atoms with van der Waals surface area (Å²) in [7, 11) is 0. The van der Waals surface area contributed by atoms with Gasteiger partial charge in [-0.2, -0.15) is 0 Å². The van der Waals surface area contributed by atoms with Crippen molar-refractivity contribution in [3.05, 3.63) is 29.3 Å². The summed E-state index contributed by atoms with van der Waals surface area (Å²) in [5, 5.41) is 0. The number of halogens is 1. The van der Waals surface area contributed by atoms with Crippen LogP contribution in [0.1, 0.15) is 24.5 Å². The number of nitrogens with two attached hydrogens (primary N) is 1. The molecule has 1 aromatic carbocycles. The van der Waals surface area contributed by atoms with Crippen LogP contribution in [0, 0.1) is 6.92 Å². The first-order valence-electron chi connectivity index (χ1n) is 5.77. The third-order valence-electron chi connectivity index (χ3n) is 2.96. The van der Waals surface area contributed by atoms with Crippen LogP contribution in [0.4, 0.5) is 5.69 Å². The van der Waals surface area contributed by atoms with E-state index in [9.17, 15) is 0 Å². The summed E-state index contributed by atoms with van der Waals surface area (Å²) in [5.74, 6) is 0. The van der Waals surface area contributed by atoms with Crippen LogP contribution in [0.3, 0.4) is 0 Å². The van der Waals surface area contributed by atoms with Gasteiger partial charge in [0.25, 0.3) is 0 Å². The lowest BCUT2D eigenvalue weighted by Crippen LogP contribution is -2.38. The predicted molar refractivity (Wildman–Crippen MR) is 72.6 cm³/mol. The molecule has 0 spiro atoms. The van der Waals surface area contributed by atoms with Gasteiger partial charge in [-0.1, -0.05) is 17.7 Å². The molecule has 0 radical (unpaired) electrons. The number of fused-ring (bicyclic) bond motifs is 1. The Balaban J connectivity index is 0.00000128. The van der Waals surface area contributed by atoms with Gasteiger partial charge in [-0.15, -0.1) is 12.4 Å². The number of rotatable bonds is 2. The number of hydrogen-bond donors (Lipinski definition) is 1. The van der Waals surface area contributed by atoms with E-state index in [2.05, 4.69) is 36.9 Å². The molecule has 0 aliphatic carbocycles. The van der Waals surface area contributed by atoms with Gasteiger partial charge in [0.2, 0.25) is 0 Å². The van der Waals surface area contributed by atoms with Crippen molar-refractivity contribution in [2.24, 2.45) is 5.73 Å². The Bertz CT molecular complexity index is 350. The summed E-state index contributed by atoms with van der Waals surface area (Å²) in [4.78, 5) is 2.42. The van der Waals surface area contributed by atoms with Crippen molar-refractivity contribution in [2.75, 3.05) is 18.0 Å². The van der Waals surface area contributed by atoms with E-state index in [4.69, 9.17) is 5.73 Å². The zero-order valence-corrected chi connectivity index (χ0v) is 10.9. The second kappa shape index (κ2) is 5.55. The minimum atomic E-state index is 0. The van der Waals surface area contributed by atoms with Gasteiger partial charge in [-0.05, 0) is 38.3 Å². The summed E-state index contributed by atoms with van der Waals surface area (Å²) < 4.78 is 0. The molecule has 0 saturated heterocycles. The SMILES string of the molecule is Cc1ccc2c(c1)CCCN2CC(C)N.Cl. The van der Waals surface area contributed by atoms with Crippen LogP contribution in [-0.4, -0.2) is 19.1 Å². The van der Waals surface area contributed by atoms with Gasteiger partial charge in [-0.25, -0.2) is 0 Å². The summed E-state index contributed by atoms with van der Waals surface area (Å²) in [6.07, 6.45) is 2.47. The Labute approximate surface area is 104 Å². The van der Waals surface area contributed by atoms with Crippen LogP contribution in [-0.2, 0) is 6.42 Å². The van der Waals surface area contributed by atoms with E-state index in [1.807, 2.05) is 0 Å². The maximum absolute atomic E-state index is 5.87. The van der Waals surface area contributed by atoms with Crippen LogP contribution in [0.2, 0.25) is 0 Å². The fourth-order valence-electron chi connectivity index (χ4n) is 2.34. The number of anilines is 1. The molecule has 2 N–H and O–H groups in total. The van der Waals surface area contributed by atoms with Crippen molar-refractivity contribution < 1.29 is 0 Å². The molecule has 3 heteroatoms. The smallest absolute Gasteiger partial charge is 0.0399 e. The first kappa shape index (κ1) is 13.3. The molecule has 2 rings (SSSR count). The lowest BCUT2D eigenvalue weighted by atomic mass is 9.99. The number of nitrogens with zero attached hydrogens (tertiary/aromatic N) is 1. The Morgan fingerprint density at radius 3 is 2.88 bits per heavy atom. The van der Waals surface area contributed by atoms with Gasteiger partial charge in [0.15, 0.2) is 0 Å². The van der Waals surface area contributed by atoms with E-state index >= 15 is 0 Å². The quantitative estimate of drug-likeness (QED) is 0.861. The van der Waals surface area contributed by atoms with E-state index in [0.29, 0.717) is 0 Å². The van der Waals surface area contributed by atoms with Crippen molar-refractivity contribution in [3.8, 4) is 0 Å². The largest absolute Gasteiger partial charge is 0.370 e. The minimum Gasteiger partial charge on any atom is -0.370 e. The lowest BCUT2D eigenvalue weighted by Gasteiger charge is -2.32. The van der Waals surface area contributed by atoms with E-state index in [1.54, 1.807) is 0 Å². The van der Waals surface area contributed by atoms with Crippen molar-refractivity contribution in [2.45, 2.75) is 32.7 Å². The fourth-order valence-corrected chi connectivity index (χ4v) is 2.34. The number of aryl methyl sites for hydroxylation is 2. The molecule has 0 saturated carbocycles. The first-order chi connectivity index (χ1) is 7.16. The van der Waals surface area contributed by atoms with Crippen molar-refractivity contribution in [3.63, 3.8) is 0 Å². The molecule has 90 valence electrons. The van der Waals surface area contributed by atoms with Gasteiger partial charge in [0, 0.05) is 24.8 Å². The van der Waals surface area contributed by atoms with Gasteiger partial charge in [0.1, 0.15) is 0 Å².